The van der Waals surface area contributed by atoms with Gasteiger partial charge in [-0.25, -0.2) is 24.9 Å². The molecule has 0 unspecified atom stereocenters. The summed E-state index contributed by atoms with van der Waals surface area (Å²) in [5.41, 5.74) is 24.1. The van der Waals surface area contributed by atoms with Gasteiger partial charge in [-0.15, -0.1) is 34.0 Å². The number of aromatic nitrogens is 8. The van der Waals surface area contributed by atoms with E-state index in [2.05, 4.69) is 396 Å². The van der Waals surface area contributed by atoms with Crippen LogP contribution < -0.4 is 0 Å². The van der Waals surface area contributed by atoms with Crippen molar-refractivity contribution >= 4 is 194 Å². The zero-order valence-electron chi connectivity index (χ0n) is 67.0. The van der Waals surface area contributed by atoms with Gasteiger partial charge < -0.3 is 4.42 Å². The molecule has 125 heavy (non-hydrogen) atoms. The fraction of sp³-hybridized carbons (Fsp3) is 0. The van der Waals surface area contributed by atoms with E-state index in [1.165, 1.54) is 111 Å². The van der Waals surface area contributed by atoms with E-state index in [9.17, 15) is 0 Å². The molecule has 17 aromatic carbocycles. The molecular weight excluding hydrogens is 1580 g/mol. The van der Waals surface area contributed by atoms with Crippen molar-refractivity contribution in [1.29, 1.82) is 0 Å². The van der Waals surface area contributed by atoms with Gasteiger partial charge in [0.2, 0.25) is 5.95 Å². The second-order valence-corrected chi connectivity index (χ2v) is 34.8. The molecule has 0 atom stereocenters. The molecular formula is C113H68N8OS3. The quantitative estimate of drug-likeness (QED) is 0.143. The minimum atomic E-state index is 0.666. The van der Waals surface area contributed by atoms with Crippen molar-refractivity contribution in [3.8, 4) is 83.9 Å². The molecule has 9 nitrogen and oxygen atoms in total. The number of pyridine rings is 2. The summed E-state index contributed by atoms with van der Waals surface area (Å²) in [6.07, 6.45) is 1.86. The third-order valence-corrected chi connectivity index (χ3v) is 28.0. The molecule has 10 heterocycles. The van der Waals surface area contributed by atoms with Crippen molar-refractivity contribution in [2.75, 3.05) is 0 Å². The Balaban J connectivity index is 0.000000102. The number of benzene rings is 17. The topological polar surface area (TPSA) is 92.4 Å². The molecule has 27 aromatic rings. The minimum Gasteiger partial charge on any atom is -0.455 e. The summed E-state index contributed by atoms with van der Waals surface area (Å²) in [6.45, 7) is 0. The molecule has 0 N–H and O–H groups in total. The summed E-state index contributed by atoms with van der Waals surface area (Å²) in [5, 5.41) is 18.1. The Bertz CT molecular complexity index is 8620. The monoisotopic (exact) mass is 1650 g/mol. The van der Waals surface area contributed by atoms with Crippen LogP contribution in [0.3, 0.4) is 0 Å². The van der Waals surface area contributed by atoms with E-state index in [1.807, 2.05) is 53.1 Å². The van der Waals surface area contributed by atoms with E-state index >= 15 is 0 Å². The molecule has 0 aliphatic heterocycles. The van der Waals surface area contributed by atoms with Crippen LogP contribution in [-0.4, -0.2) is 38.6 Å². The lowest BCUT2D eigenvalue weighted by molar-refractivity contribution is 0.673. The second kappa shape index (κ2) is 29.5. The number of para-hydroxylation sites is 7. The lowest BCUT2D eigenvalue weighted by atomic mass is 9.98. The zero-order valence-corrected chi connectivity index (χ0v) is 69.4. The molecule has 0 saturated carbocycles. The summed E-state index contributed by atoms with van der Waals surface area (Å²) < 4.78 is 19.8. The number of hydrogen-bond acceptors (Lipinski definition) is 9. The van der Waals surface area contributed by atoms with Crippen molar-refractivity contribution in [3.05, 3.63) is 413 Å². The Hall–Kier alpha value is -15.8. The van der Waals surface area contributed by atoms with E-state index in [0.717, 1.165) is 127 Å². The van der Waals surface area contributed by atoms with Gasteiger partial charge in [-0.3, -0.25) is 13.7 Å². The summed E-state index contributed by atoms with van der Waals surface area (Å²) in [7, 11) is 0. The van der Waals surface area contributed by atoms with E-state index in [4.69, 9.17) is 29.3 Å². The van der Waals surface area contributed by atoms with Crippen LogP contribution in [0, 0.1) is 0 Å². The molecule has 0 bridgehead atoms. The minimum absolute atomic E-state index is 0.666. The Labute approximate surface area is 727 Å². The SMILES string of the molecule is c1cc(-c2ccnc(-n3c4ccccc4c4c5sc6ccccc6c5ccc43)n2)cc(-c2nc3ccccc3s2)c1.c1ccc(-c2ccc(-c3cc(-n4c5ccccc5c5c6oc7ccccc7c6ccc54)nc4ccccc34)cc2)cc1.c1ccc(-c2ccc(-c3cc(-n4c5ccccc5c5c6sc7ccccc7c6ccc54)nc4ccccc34)cc2)cc1. The first-order valence-electron chi connectivity index (χ1n) is 41.9. The molecule has 0 fully saturated rings. The maximum atomic E-state index is 6.50. The lowest BCUT2D eigenvalue weighted by Crippen LogP contribution is -2.01. The predicted octanol–water partition coefficient (Wildman–Crippen LogP) is 31.5. The molecule has 10 aromatic heterocycles. The Morgan fingerprint density at radius 3 is 1.19 bits per heavy atom. The van der Waals surface area contributed by atoms with Gasteiger partial charge in [0, 0.05) is 106 Å². The Morgan fingerprint density at radius 1 is 0.232 bits per heavy atom. The van der Waals surface area contributed by atoms with Crippen LogP contribution in [0.1, 0.15) is 0 Å². The number of fused-ring (bicyclic) bond motifs is 24. The normalized spacial score (nSPS) is 11.8. The van der Waals surface area contributed by atoms with Gasteiger partial charge in [0.05, 0.1) is 65.4 Å². The first kappa shape index (κ1) is 72.0. The molecule has 0 spiro atoms. The maximum Gasteiger partial charge on any atom is 0.235 e. The van der Waals surface area contributed by atoms with Crippen LogP contribution in [-0.2, 0) is 0 Å². The van der Waals surface area contributed by atoms with Crippen LogP contribution in [0.5, 0.6) is 0 Å². The van der Waals surface area contributed by atoms with Gasteiger partial charge in [-0.05, 0) is 154 Å². The van der Waals surface area contributed by atoms with E-state index < -0.39 is 0 Å². The van der Waals surface area contributed by atoms with Crippen LogP contribution in [0.25, 0.3) is 244 Å². The summed E-state index contributed by atoms with van der Waals surface area (Å²) >= 11 is 5.45. The van der Waals surface area contributed by atoms with Crippen molar-refractivity contribution in [1.82, 2.24) is 38.6 Å². The summed E-state index contributed by atoms with van der Waals surface area (Å²) in [4.78, 5) is 25.3. The number of furan rings is 1. The number of nitrogens with zero attached hydrogens (tertiary/aromatic N) is 8. The first-order chi connectivity index (χ1) is 62.0. The highest BCUT2D eigenvalue weighted by Gasteiger charge is 2.25. The largest absolute Gasteiger partial charge is 0.455 e. The number of rotatable bonds is 9. The van der Waals surface area contributed by atoms with Crippen LogP contribution in [0.2, 0.25) is 0 Å². The van der Waals surface area contributed by atoms with Crippen LogP contribution in [0.4, 0.5) is 0 Å². The average Bonchev–Trinajstić information content (AvgIpc) is 1.57. The highest BCUT2D eigenvalue weighted by atomic mass is 32.1. The fourth-order valence-electron chi connectivity index (χ4n) is 18.8. The van der Waals surface area contributed by atoms with Gasteiger partial charge in [0.25, 0.3) is 0 Å². The molecule has 0 radical (unpaired) electrons. The number of thiophene rings is 2. The number of hydrogen-bond donors (Lipinski definition) is 0. The first-order valence-corrected chi connectivity index (χ1v) is 44.4. The lowest BCUT2D eigenvalue weighted by Gasteiger charge is -2.13. The van der Waals surface area contributed by atoms with E-state index in [-0.39, 0.29) is 0 Å². The molecule has 584 valence electrons. The summed E-state index contributed by atoms with van der Waals surface area (Å²) in [5.74, 6) is 2.49. The van der Waals surface area contributed by atoms with Crippen molar-refractivity contribution in [2.24, 2.45) is 0 Å². The zero-order chi connectivity index (χ0) is 82.2. The second-order valence-electron chi connectivity index (χ2n) is 31.6. The van der Waals surface area contributed by atoms with Crippen molar-refractivity contribution < 1.29 is 4.42 Å². The van der Waals surface area contributed by atoms with E-state index in [1.54, 1.807) is 11.3 Å². The fourth-order valence-corrected chi connectivity index (χ4v) is 22.3. The van der Waals surface area contributed by atoms with Crippen LogP contribution in [0.15, 0.2) is 417 Å². The van der Waals surface area contributed by atoms with Gasteiger partial charge in [0.15, 0.2) is 0 Å². The number of thiazole rings is 1. The smallest absolute Gasteiger partial charge is 0.235 e. The highest BCUT2D eigenvalue weighted by molar-refractivity contribution is 7.27. The van der Waals surface area contributed by atoms with Gasteiger partial charge in [0.1, 0.15) is 27.8 Å². The standard InChI is InChI=1S/C39H24N2O.C39H24N2S.C35H20N4S2/c2*1-2-10-25(11-3-1)26-18-20-27(21-19-26)32-24-37(40-33-15-7-4-12-28(32)33)41-34-16-8-5-14-31(34)38-35(41)23-22-30-29-13-6-9-17-36(29)42-39(30)38;1-4-13-28-25(11-1)32-29(17-16-24-23-10-2-5-14-30(23)40-33(24)32)39(28)35-36-19-18-26(38-35)21-8-7-9-22(20-21)34-37-27-12-3-6-15-31(27)41-34/h2*1-24H;1-20H. The Morgan fingerprint density at radius 2 is 0.640 bits per heavy atom. The highest BCUT2D eigenvalue weighted by Crippen LogP contribution is 2.48. The van der Waals surface area contributed by atoms with Crippen molar-refractivity contribution in [2.45, 2.75) is 0 Å². The third-order valence-electron chi connectivity index (χ3n) is 24.6. The van der Waals surface area contributed by atoms with Gasteiger partial charge >= 0.3 is 0 Å². The van der Waals surface area contributed by atoms with Gasteiger partial charge in [-0.2, -0.15) is 0 Å². The molecule has 27 rings (SSSR count). The van der Waals surface area contributed by atoms with Gasteiger partial charge in [-0.1, -0.05) is 297 Å². The molecule has 0 saturated heterocycles. The molecule has 0 amide bonds. The summed E-state index contributed by atoms with van der Waals surface area (Å²) in [6, 6.07) is 144. The predicted molar refractivity (Wildman–Crippen MR) is 527 cm³/mol. The molecule has 12 heteroatoms. The maximum absolute atomic E-state index is 6.50. The molecule has 0 aliphatic carbocycles. The van der Waals surface area contributed by atoms with Crippen LogP contribution >= 0.6 is 34.0 Å². The van der Waals surface area contributed by atoms with E-state index in [0.29, 0.717) is 5.95 Å². The third kappa shape index (κ3) is 12.0. The van der Waals surface area contributed by atoms with Crippen molar-refractivity contribution in [3.63, 3.8) is 0 Å². The molecule has 0 aliphatic rings. The Kier molecular flexibility index (Phi) is 17.0. The average molecular weight is 1650 g/mol.